The number of likely N-dealkylation sites (N-methyl/N-ethyl adjacent to an activating group) is 1. The number of carbonyl (C=O) groups excluding carboxylic acids is 1. The summed E-state index contributed by atoms with van der Waals surface area (Å²) in [5.41, 5.74) is 4.22. The predicted octanol–water partition coefficient (Wildman–Crippen LogP) is 4.81. The number of benzene rings is 2. The Morgan fingerprint density at radius 2 is 1.94 bits per heavy atom. The highest BCUT2D eigenvalue weighted by Gasteiger charge is 2.12. The molecule has 0 saturated carbocycles. The lowest BCUT2D eigenvalue weighted by molar-refractivity contribution is -0.125. The zero-order valence-corrected chi connectivity index (χ0v) is 19.1. The summed E-state index contributed by atoms with van der Waals surface area (Å²) in [6, 6.07) is 18.5. The standard InChI is InChI=1S/C27H25FN4O2/c1-31(17-21-10-12-25(34-2)24(28)15-21)26(33)13-11-23-19-32(18-20-7-4-3-5-8-20)30-27(23)22-9-6-14-29-16-22/h3-16,19H,17-18H2,1-2H3/b13-11+. The van der Waals surface area contributed by atoms with E-state index in [1.807, 2.05) is 53.3 Å². The molecule has 2 aromatic carbocycles. The van der Waals surface area contributed by atoms with E-state index in [2.05, 4.69) is 4.98 Å². The molecule has 0 aliphatic carbocycles. The van der Waals surface area contributed by atoms with E-state index in [9.17, 15) is 9.18 Å². The topological polar surface area (TPSA) is 60.2 Å². The molecule has 0 fully saturated rings. The summed E-state index contributed by atoms with van der Waals surface area (Å²) in [7, 11) is 3.09. The van der Waals surface area contributed by atoms with Gasteiger partial charge in [-0.3, -0.25) is 14.5 Å². The Hall–Kier alpha value is -4.26. The van der Waals surface area contributed by atoms with Crippen LogP contribution in [0.25, 0.3) is 17.3 Å². The van der Waals surface area contributed by atoms with Crippen LogP contribution in [0.4, 0.5) is 4.39 Å². The van der Waals surface area contributed by atoms with Gasteiger partial charge < -0.3 is 9.64 Å². The second-order valence-electron chi connectivity index (χ2n) is 7.85. The fourth-order valence-corrected chi connectivity index (χ4v) is 3.59. The van der Waals surface area contributed by atoms with E-state index in [1.54, 1.807) is 37.7 Å². The van der Waals surface area contributed by atoms with E-state index in [1.165, 1.54) is 24.2 Å². The Morgan fingerprint density at radius 1 is 1.12 bits per heavy atom. The van der Waals surface area contributed by atoms with E-state index in [-0.39, 0.29) is 18.2 Å². The highest BCUT2D eigenvalue weighted by molar-refractivity contribution is 5.92. The van der Waals surface area contributed by atoms with Crippen molar-refractivity contribution in [2.75, 3.05) is 14.2 Å². The van der Waals surface area contributed by atoms with Crippen LogP contribution >= 0.6 is 0 Å². The average Bonchev–Trinajstić information content (AvgIpc) is 3.26. The van der Waals surface area contributed by atoms with Gasteiger partial charge >= 0.3 is 0 Å². The van der Waals surface area contributed by atoms with Gasteiger partial charge in [-0.15, -0.1) is 0 Å². The van der Waals surface area contributed by atoms with E-state index in [0.717, 1.165) is 22.4 Å². The van der Waals surface area contributed by atoms with Crippen molar-refractivity contribution in [3.63, 3.8) is 0 Å². The molecule has 34 heavy (non-hydrogen) atoms. The van der Waals surface area contributed by atoms with Gasteiger partial charge in [-0.05, 0) is 41.5 Å². The fourth-order valence-electron chi connectivity index (χ4n) is 3.59. The quantitative estimate of drug-likeness (QED) is 0.357. The van der Waals surface area contributed by atoms with E-state index in [0.29, 0.717) is 12.1 Å². The van der Waals surface area contributed by atoms with Crippen molar-refractivity contribution in [1.29, 1.82) is 0 Å². The summed E-state index contributed by atoms with van der Waals surface area (Å²) in [5, 5.41) is 4.74. The Kier molecular flexibility index (Phi) is 7.13. The van der Waals surface area contributed by atoms with Crippen molar-refractivity contribution in [2.45, 2.75) is 13.1 Å². The van der Waals surface area contributed by atoms with Crippen LogP contribution in [-0.2, 0) is 17.9 Å². The maximum Gasteiger partial charge on any atom is 0.246 e. The average molecular weight is 457 g/mol. The molecule has 0 atom stereocenters. The van der Waals surface area contributed by atoms with Gasteiger partial charge in [-0.1, -0.05) is 36.4 Å². The Morgan fingerprint density at radius 3 is 2.65 bits per heavy atom. The maximum atomic E-state index is 14.0. The molecule has 4 rings (SSSR count). The van der Waals surface area contributed by atoms with E-state index < -0.39 is 5.82 Å². The molecule has 172 valence electrons. The third kappa shape index (κ3) is 5.56. The molecule has 0 spiro atoms. The summed E-state index contributed by atoms with van der Waals surface area (Å²) in [4.78, 5) is 18.5. The van der Waals surface area contributed by atoms with Crippen molar-refractivity contribution >= 4 is 12.0 Å². The molecule has 7 heteroatoms. The lowest BCUT2D eigenvalue weighted by atomic mass is 10.1. The Balaban J connectivity index is 1.53. The minimum absolute atomic E-state index is 0.174. The van der Waals surface area contributed by atoms with Crippen molar-refractivity contribution in [3.8, 4) is 17.0 Å². The van der Waals surface area contributed by atoms with Gasteiger partial charge in [0.05, 0.1) is 13.7 Å². The SMILES string of the molecule is COc1ccc(CN(C)C(=O)/C=C/c2cn(Cc3ccccc3)nc2-c2cccnc2)cc1F. The van der Waals surface area contributed by atoms with Crippen LogP contribution in [-0.4, -0.2) is 39.7 Å². The van der Waals surface area contributed by atoms with Crippen LogP contribution in [0.3, 0.4) is 0 Å². The highest BCUT2D eigenvalue weighted by atomic mass is 19.1. The van der Waals surface area contributed by atoms with Crippen LogP contribution in [0.15, 0.2) is 85.3 Å². The number of amides is 1. The molecule has 0 saturated heterocycles. The van der Waals surface area contributed by atoms with Gasteiger partial charge in [0.1, 0.15) is 5.69 Å². The van der Waals surface area contributed by atoms with Gasteiger partial charge in [0.2, 0.25) is 5.91 Å². The number of ether oxygens (including phenoxy) is 1. The van der Waals surface area contributed by atoms with E-state index >= 15 is 0 Å². The molecule has 0 aliphatic heterocycles. The number of hydrogen-bond donors (Lipinski definition) is 0. The number of nitrogens with zero attached hydrogens (tertiary/aromatic N) is 4. The predicted molar refractivity (Wildman–Crippen MR) is 129 cm³/mol. The smallest absolute Gasteiger partial charge is 0.246 e. The summed E-state index contributed by atoms with van der Waals surface area (Å²) in [6.07, 6.45) is 8.63. The van der Waals surface area contributed by atoms with Gasteiger partial charge in [0.15, 0.2) is 11.6 Å². The van der Waals surface area contributed by atoms with E-state index in [4.69, 9.17) is 9.84 Å². The maximum absolute atomic E-state index is 14.0. The lowest BCUT2D eigenvalue weighted by Gasteiger charge is -2.15. The number of halogens is 1. The van der Waals surface area contributed by atoms with Gasteiger partial charge in [-0.2, -0.15) is 5.10 Å². The summed E-state index contributed by atoms with van der Waals surface area (Å²) in [6.45, 7) is 0.881. The van der Waals surface area contributed by atoms with Crippen LogP contribution < -0.4 is 4.74 Å². The molecule has 0 N–H and O–H groups in total. The van der Waals surface area contributed by atoms with Crippen LogP contribution in [0.5, 0.6) is 5.75 Å². The van der Waals surface area contributed by atoms with Crippen LogP contribution in [0, 0.1) is 5.82 Å². The largest absolute Gasteiger partial charge is 0.494 e. The molecule has 2 aromatic heterocycles. The minimum atomic E-state index is -0.455. The second kappa shape index (κ2) is 10.6. The summed E-state index contributed by atoms with van der Waals surface area (Å²) < 4.78 is 20.8. The van der Waals surface area contributed by atoms with Crippen molar-refractivity contribution < 1.29 is 13.9 Å². The van der Waals surface area contributed by atoms with Crippen molar-refractivity contribution in [2.24, 2.45) is 0 Å². The fraction of sp³-hybridized carbons (Fsp3) is 0.148. The van der Waals surface area contributed by atoms with Crippen molar-refractivity contribution in [1.82, 2.24) is 19.7 Å². The molecule has 1 amide bonds. The summed E-state index contributed by atoms with van der Waals surface area (Å²) >= 11 is 0. The molecule has 6 nitrogen and oxygen atoms in total. The first-order valence-corrected chi connectivity index (χ1v) is 10.8. The van der Waals surface area contributed by atoms with Crippen LogP contribution in [0.1, 0.15) is 16.7 Å². The first kappa shape index (κ1) is 22.9. The van der Waals surface area contributed by atoms with Gasteiger partial charge in [-0.25, -0.2) is 4.39 Å². The number of methoxy groups -OCH3 is 1. The zero-order valence-electron chi connectivity index (χ0n) is 19.1. The number of hydrogen-bond acceptors (Lipinski definition) is 4. The molecule has 0 bridgehead atoms. The third-order valence-corrected chi connectivity index (χ3v) is 5.33. The molecule has 0 radical (unpaired) electrons. The zero-order chi connectivity index (χ0) is 23.9. The number of rotatable bonds is 8. The lowest BCUT2D eigenvalue weighted by Crippen LogP contribution is -2.24. The summed E-state index contributed by atoms with van der Waals surface area (Å²) in [5.74, 6) is -0.486. The Bertz CT molecular complexity index is 1290. The van der Waals surface area contributed by atoms with Crippen molar-refractivity contribution in [3.05, 3.63) is 108 Å². The highest BCUT2D eigenvalue weighted by Crippen LogP contribution is 2.23. The molecule has 2 heterocycles. The molecular formula is C27H25FN4O2. The molecular weight excluding hydrogens is 431 g/mol. The van der Waals surface area contributed by atoms with Gasteiger partial charge in [0, 0.05) is 49.4 Å². The first-order valence-electron chi connectivity index (χ1n) is 10.8. The Labute approximate surface area is 197 Å². The van der Waals surface area contributed by atoms with Crippen LogP contribution in [0.2, 0.25) is 0 Å². The minimum Gasteiger partial charge on any atom is -0.494 e. The first-order chi connectivity index (χ1) is 16.5. The normalized spacial score (nSPS) is 11.0. The second-order valence-corrected chi connectivity index (χ2v) is 7.85. The molecule has 0 aliphatic rings. The number of aromatic nitrogens is 3. The number of pyridine rings is 1. The monoisotopic (exact) mass is 456 g/mol. The third-order valence-electron chi connectivity index (χ3n) is 5.33. The number of carbonyl (C=O) groups is 1. The van der Waals surface area contributed by atoms with Gasteiger partial charge in [0.25, 0.3) is 0 Å². The molecule has 4 aromatic rings. The molecule has 0 unspecified atom stereocenters.